The molecule has 0 saturated carbocycles. The molecule has 4 nitrogen and oxygen atoms in total. The number of primary amides is 1. The van der Waals surface area contributed by atoms with Gasteiger partial charge in [-0.05, 0) is 13.0 Å². The summed E-state index contributed by atoms with van der Waals surface area (Å²) in [5.41, 5.74) is 9.42. The fraction of sp³-hybridized carbons (Fsp3) is 0.909. The third-order valence-electron chi connectivity index (χ3n) is 2.06. The quantitative estimate of drug-likeness (QED) is 0.547. The van der Waals surface area contributed by atoms with E-state index in [-0.39, 0.29) is 0 Å². The minimum absolute atomic E-state index is 0.870. The Balaban J connectivity index is 0. The van der Waals surface area contributed by atoms with Gasteiger partial charge in [-0.2, -0.15) is 0 Å². The van der Waals surface area contributed by atoms with Gasteiger partial charge in [-0.15, -0.1) is 0 Å². The van der Waals surface area contributed by atoms with Crippen LogP contribution in [0.1, 0.15) is 58.3 Å². The molecule has 0 atom stereocenters. The minimum atomic E-state index is -1.33. The number of nitrogens with two attached hydrogens (primary N) is 2. The molecule has 92 valence electrons. The van der Waals surface area contributed by atoms with E-state index in [0.29, 0.717) is 0 Å². The number of carbonyl (C=O) groups is 1. The predicted octanol–water partition coefficient (Wildman–Crippen LogP) is 2.71. The summed E-state index contributed by atoms with van der Waals surface area (Å²) in [6.07, 6.45) is 9.65. The van der Waals surface area contributed by atoms with E-state index in [1.54, 1.807) is 0 Å². The lowest BCUT2D eigenvalue weighted by Gasteiger charge is -1.99. The zero-order valence-electron chi connectivity index (χ0n) is 9.87. The first-order chi connectivity index (χ1) is 7.15. The van der Waals surface area contributed by atoms with Crippen molar-refractivity contribution in [1.82, 2.24) is 0 Å². The average Bonchev–Trinajstić information content (AvgIpc) is 2.16. The van der Waals surface area contributed by atoms with Crippen molar-refractivity contribution in [2.75, 3.05) is 6.54 Å². The molecule has 0 aliphatic rings. The molecule has 0 bridgehead atoms. The van der Waals surface area contributed by atoms with Crippen molar-refractivity contribution in [3.05, 3.63) is 0 Å². The highest BCUT2D eigenvalue weighted by Gasteiger charge is 1.89. The number of carboxylic acid groups (broad SMARTS) is 1. The Hall–Kier alpha value is -0.770. The van der Waals surface area contributed by atoms with Crippen LogP contribution in [0.15, 0.2) is 0 Å². The summed E-state index contributed by atoms with van der Waals surface area (Å²) in [4.78, 5) is 8.78. The Morgan fingerprint density at radius 2 is 1.33 bits per heavy atom. The molecular formula is C11H26N2O2. The van der Waals surface area contributed by atoms with E-state index in [1.807, 2.05) is 0 Å². The van der Waals surface area contributed by atoms with Gasteiger partial charge in [0.25, 0.3) is 0 Å². The van der Waals surface area contributed by atoms with Crippen LogP contribution in [0, 0.1) is 0 Å². The Labute approximate surface area is 93.0 Å². The van der Waals surface area contributed by atoms with Gasteiger partial charge >= 0.3 is 6.09 Å². The minimum Gasteiger partial charge on any atom is -0.465 e. The Bertz CT molecular complexity index is 118. The lowest BCUT2D eigenvalue weighted by Crippen LogP contribution is -2.03. The van der Waals surface area contributed by atoms with Gasteiger partial charge in [0.1, 0.15) is 0 Å². The van der Waals surface area contributed by atoms with Crippen LogP contribution in [0.2, 0.25) is 0 Å². The van der Waals surface area contributed by atoms with Crippen LogP contribution in [-0.2, 0) is 0 Å². The Morgan fingerprint density at radius 3 is 1.67 bits per heavy atom. The van der Waals surface area contributed by atoms with Gasteiger partial charge in [0, 0.05) is 0 Å². The van der Waals surface area contributed by atoms with Crippen LogP contribution in [0.5, 0.6) is 0 Å². The molecule has 0 spiro atoms. The highest BCUT2D eigenvalue weighted by Crippen LogP contribution is 2.07. The molecule has 15 heavy (non-hydrogen) atoms. The van der Waals surface area contributed by atoms with E-state index < -0.39 is 6.09 Å². The highest BCUT2D eigenvalue weighted by molar-refractivity contribution is 5.61. The van der Waals surface area contributed by atoms with Crippen molar-refractivity contribution in [3.63, 3.8) is 0 Å². The van der Waals surface area contributed by atoms with Gasteiger partial charge in [-0.25, -0.2) is 4.79 Å². The molecule has 4 heteroatoms. The summed E-state index contributed by atoms with van der Waals surface area (Å²) in [5, 5.41) is 7.19. The summed E-state index contributed by atoms with van der Waals surface area (Å²) in [7, 11) is 0. The van der Waals surface area contributed by atoms with Crippen molar-refractivity contribution in [3.8, 4) is 0 Å². The van der Waals surface area contributed by atoms with Crippen LogP contribution >= 0.6 is 0 Å². The molecule has 0 aromatic rings. The normalized spacial score (nSPS) is 9.20. The van der Waals surface area contributed by atoms with Gasteiger partial charge in [-0.1, -0.05) is 51.9 Å². The zero-order valence-corrected chi connectivity index (χ0v) is 9.87. The maximum absolute atomic E-state index is 8.78. The number of unbranched alkanes of at least 4 members (excludes halogenated alkanes) is 7. The van der Waals surface area contributed by atoms with Crippen LogP contribution in [-0.4, -0.2) is 17.7 Å². The first-order valence-corrected chi connectivity index (χ1v) is 5.83. The number of rotatable bonds is 8. The van der Waals surface area contributed by atoms with E-state index in [9.17, 15) is 0 Å². The first kappa shape index (κ1) is 16.7. The SMILES string of the molecule is CCCCCCCCCCN.NC(=O)O. The molecule has 5 N–H and O–H groups in total. The Kier molecular flexibility index (Phi) is 17.4. The van der Waals surface area contributed by atoms with Gasteiger partial charge in [-0.3, -0.25) is 0 Å². The van der Waals surface area contributed by atoms with Gasteiger partial charge in [0.2, 0.25) is 0 Å². The van der Waals surface area contributed by atoms with E-state index >= 15 is 0 Å². The van der Waals surface area contributed by atoms with Crippen molar-refractivity contribution in [1.29, 1.82) is 0 Å². The maximum atomic E-state index is 8.78. The Morgan fingerprint density at radius 1 is 1.00 bits per heavy atom. The van der Waals surface area contributed by atoms with E-state index in [1.165, 1.54) is 51.4 Å². The molecule has 0 radical (unpaired) electrons. The van der Waals surface area contributed by atoms with Crippen molar-refractivity contribution >= 4 is 6.09 Å². The predicted molar refractivity (Wildman–Crippen MR) is 63.9 cm³/mol. The van der Waals surface area contributed by atoms with Gasteiger partial charge in [0.15, 0.2) is 0 Å². The average molecular weight is 218 g/mol. The number of amides is 1. The standard InChI is InChI=1S/C10H23N.CH3NO2/c1-2-3-4-5-6-7-8-9-10-11;2-1(3)4/h2-11H2,1H3;2H2,(H,3,4). The summed E-state index contributed by atoms with van der Waals surface area (Å²) in [6, 6.07) is 0. The molecule has 0 aromatic heterocycles. The second-order valence-corrected chi connectivity index (χ2v) is 3.60. The molecule has 0 fully saturated rings. The molecule has 0 saturated heterocycles. The van der Waals surface area contributed by atoms with E-state index in [2.05, 4.69) is 12.7 Å². The van der Waals surface area contributed by atoms with Crippen LogP contribution in [0.25, 0.3) is 0 Å². The fourth-order valence-electron chi connectivity index (χ4n) is 1.28. The van der Waals surface area contributed by atoms with Crippen LogP contribution in [0.3, 0.4) is 0 Å². The third-order valence-corrected chi connectivity index (χ3v) is 2.06. The zero-order chi connectivity index (χ0) is 11.9. The van der Waals surface area contributed by atoms with Crippen molar-refractivity contribution < 1.29 is 9.90 Å². The molecular weight excluding hydrogens is 192 g/mol. The van der Waals surface area contributed by atoms with Crippen molar-refractivity contribution in [2.24, 2.45) is 11.5 Å². The monoisotopic (exact) mass is 218 g/mol. The smallest absolute Gasteiger partial charge is 0.402 e. The first-order valence-electron chi connectivity index (χ1n) is 5.83. The van der Waals surface area contributed by atoms with Gasteiger partial charge < -0.3 is 16.6 Å². The number of hydrogen-bond acceptors (Lipinski definition) is 2. The molecule has 0 aromatic carbocycles. The number of hydrogen-bond donors (Lipinski definition) is 3. The van der Waals surface area contributed by atoms with Crippen molar-refractivity contribution in [2.45, 2.75) is 58.3 Å². The molecule has 0 aliphatic heterocycles. The third kappa shape index (κ3) is 31.9. The second kappa shape index (κ2) is 15.7. The molecule has 0 aliphatic carbocycles. The molecule has 1 amide bonds. The summed E-state index contributed by atoms with van der Waals surface area (Å²) < 4.78 is 0. The van der Waals surface area contributed by atoms with Gasteiger partial charge in [0.05, 0.1) is 0 Å². The highest BCUT2D eigenvalue weighted by atomic mass is 16.4. The lowest BCUT2D eigenvalue weighted by atomic mass is 10.1. The van der Waals surface area contributed by atoms with E-state index in [0.717, 1.165) is 6.54 Å². The van der Waals surface area contributed by atoms with Crippen LogP contribution < -0.4 is 11.5 Å². The summed E-state index contributed by atoms with van der Waals surface area (Å²) in [5.74, 6) is 0. The second-order valence-electron chi connectivity index (χ2n) is 3.60. The fourth-order valence-corrected chi connectivity index (χ4v) is 1.28. The largest absolute Gasteiger partial charge is 0.465 e. The molecule has 0 unspecified atom stereocenters. The summed E-state index contributed by atoms with van der Waals surface area (Å²) >= 11 is 0. The van der Waals surface area contributed by atoms with Crippen LogP contribution in [0.4, 0.5) is 4.79 Å². The molecule has 0 rings (SSSR count). The van der Waals surface area contributed by atoms with E-state index in [4.69, 9.17) is 15.6 Å². The topological polar surface area (TPSA) is 89.3 Å². The lowest BCUT2D eigenvalue weighted by molar-refractivity contribution is 0.205. The maximum Gasteiger partial charge on any atom is 0.402 e. The molecule has 0 heterocycles. The summed E-state index contributed by atoms with van der Waals surface area (Å²) in [6.45, 7) is 3.13.